The van der Waals surface area contributed by atoms with E-state index in [0.717, 1.165) is 10.9 Å². The van der Waals surface area contributed by atoms with Crippen molar-refractivity contribution in [3.05, 3.63) is 28.2 Å². The van der Waals surface area contributed by atoms with Crippen molar-refractivity contribution in [3.63, 3.8) is 0 Å². The summed E-state index contributed by atoms with van der Waals surface area (Å²) in [7, 11) is 0. The van der Waals surface area contributed by atoms with Crippen LogP contribution >= 0.6 is 15.9 Å². The van der Waals surface area contributed by atoms with Crippen LogP contribution in [0.3, 0.4) is 0 Å². The highest BCUT2D eigenvalue weighted by atomic mass is 79.9. The van der Waals surface area contributed by atoms with E-state index in [1.54, 1.807) is 18.2 Å². The fraction of sp³-hybridized carbons (Fsp3) is 0.231. The Bertz CT molecular complexity index is 685. The van der Waals surface area contributed by atoms with Gasteiger partial charge in [0.25, 0.3) is 0 Å². The lowest BCUT2D eigenvalue weighted by atomic mass is 10.2. The summed E-state index contributed by atoms with van der Waals surface area (Å²) in [5, 5.41) is 11.8. The first-order valence-corrected chi connectivity index (χ1v) is 7.02. The Hall–Kier alpha value is -2.40. The summed E-state index contributed by atoms with van der Waals surface area (Å²) in [5.41, 5.74) is 6.89. The van der Waals surface area contributed by atoms with Gasteiger partial charge in [-0.15, -0.1) is 0 Å². The van der Waals surface area contributed by atoms with Gasteiger partial charge < -0.3 is 15.8 Å². The molecule has 8 heteroatoms. The normalized spacial score (nSPS) is 9.95. The monoisotopic (exact) mass is 348 g/mol. The molecule has 1 aromatic carbocycles. The molecule has 0 fully saturated rings. The molecule has 1 heterocycles. The summed E-state index contributed by atoms with van der Waals surface area (Å²) in [6.07, 6.45) is 0.843. The zero-order valence-corrected chi connectivity index (χ0v) is 12.9. The molecule has 0 aliphatic rings. The average molecular weight is 349 g/mol. The Kier molecular flexibility index (Phi) is 4.90. The summed E-state index contributed by atoms with van der Waals surface area (Å²) >= 11 is 3.38. The van der Waals surface area contributed by atoms with Gasteiger partial charge in [-0.25, -0.2) is 0 Å². The number of nitrogens with zero attached hydrogens (tertiary/aromatic N) is 4. The van der Waals surface area contributed by atoms with Gasteiger partial charge in [0, 0.05) is 4.47 Å². The molecule has 108 valence electrons. The van der Waals surface area contributed by atoms with E-state index in [0.29, 0.717) is 17.9 Å². The lowest BCUT2D eigenvalue weighted by molar-refractivity contribution is 0.292. The average Bonchev–Trinajstić information content (AvgIpc) is 2.46. The molecule has 0 atom stereocenters. The Labute approximate surface area is 130 Å². The molecular weight excluding hydrogens is 336 g/mol. The van der Waals surface area contributed by atoms with Crippen LogP contribution in [0.2, 0.25) is 0 Å². The number of hydrogen-bond acceptors (Lipinski definition) is 7. The number of nitriles is 1. The molecule has 0 aliphatic carbocycles. The molecule has 0 unspecified atom stereocenters. The molecule has 1 aromatic heterocycles. The van der Waals surface area contributed by atoms with Crippen LogP contribution in [0.15, 0.2) is 22.7 Å². The van der Waals surface area contributed by atoms with Gasteiger partial charge in [0.2, 0.25) is 11.9 Å². The number of nitrogens with one attached hydrogen (secondary N) is 1. The molecule has 2 aromatic rings. The van der Waals surface area contributed by atoms with Crippen LogP contribution in [0.5, 0.6) is 6.01 Å². The van der Waals surface area contributed by atoms with E-state index < -0.39 is 0 Å². The third-order valence-electron chi connectivity index (χ3n) is 2.41. The molecule has 0 radical (unpaired) electrons. The maximum Gasteiger partial charge on any atom is 0.323 e. The van der Waals surface area contributed by atoms with Crippen LogP contribution in [0.25, 0.3) is 0 Å². The van der Waals surface area contributed by atoms with E-state index in [1.807, 2.05) is 6.92 Å². The van der Waals surface area contributed by atoms with Gasteiger partial charge in [-0.2, -0.15) is 20.2 Å². The zero-order valence-electron chi connectivity index (χ0n) is 11.3. The Morgan fingerprint density at radius 3 is 2.86 bits per heavy atom. The number of nitrogen functional groups attached to an aromatic ring is 1. The van der Waals surface area contributed by atoms with Gasteiger partial charge in [-0.05, 0) is 40.5 Å². The Balaban J connectivity index is 2.23. The van der Waals surface area contributed by atoms with Crippen molar-refractivity contribution in [3.8, 4) is 12.1 Å². The minimum absolute atomic E-state index is 0.0726. The van der Waals surface area contributed by atoms with Crippen molar-refractivity contribution < 1.29 is 4.74 Å². The summed E-state index contributed by atoms with van der Waals surface area (Å²) < 4.78 is 6.06. The van der Waals surface area contributed by atoms with Crippen molar-refractivity contribution in [1.82, 2.24) is 15.0 Å². The lowest BCUT2D eigenvalue weighted by Gasteiger charge is -2.09. The highest BCUT2D eigenvalue weighted by molar-refractivity contribution is 9.10. The van der Waals surface area contributed by atoms with E-state index in [9.17, 15) is 0 Å². The number of ether oxygens (including phenoxy) is 1. The molecule has 21 heavy (non-hydrogen) atoms. The van der Waals surface area contributed by atoms with E-state index in [2.05, 4.69) is 42.3 Å². The van der Waals surface area contributed by atoms with Crippen LogP contribution in [-0.4, -0.2) is 21.6 Å². The van der Waals surface area contributed by atoms with Crippen LogP contribution in [0.1, 0.15) is 18.9 Å². The highest BCUT2D eigenvalue weighted by Crippen LogP contribution is 2.26. The smallest absolute Gasteiger partial charge is 0.323 e. The summed E-state index contributed by atoms with van der Waals surface area (Å²) in [6, 6.07) is 7.37. The SMILES string of the molecule is CCCOc1nc(N)nc(Nc2ccc(C#N)cc2Br)n1. The van der Waals surface area contributed by atoms with E-state index in [-0.39, 0.29) is 17.9 Å². The molecule has 0 aliphatic heterocycles. The van der Waals surface area contributed by atoms with E-state index in [1.165, 1.54) is 0 Å². The second-order valence-corrected chi connectivity index (χ2v) is 4.93. The minimum Gasteiger partial charge on any atom is -0.463 e. The number of halogens is 1. The quantitative estimate of drug-likeness (QED) is 0.854. The molecule has 3 N–H and O–H groups in total. The first-order valence-electron chi connectivity index (χ1n) is 6.23. The number of hydrogen-bond donors (Lipinski definition) is 2. The third-order valence-corrected chi connectivity index (χ3v) is 3.07. The van der Waals surface area contributed by atoms with Crippen LogP contribution in [0.4, 0.5) is 17.6 Å². The standard InChI is InChI=1S/C13H13BrN6O/c1-2-5-21-13-19-11(16)18-12(20-13)17-10-4-3-8(7-15)6-9(10)14/h3-4,6H,2,5H2,1H3,(H3,16,17,18,19,20). The van der Waals surface area contributed by atoms with Crippen LogP contribution in [-0.2, 0) is 0 Å². The van der Waals surface area contributed by atoms with Gasteiger partial charge >= 0.3 is 6.01 Å². The largest absolute Gasteiger partial charge is 0.463 e. The van der Waals surface area contributed by atoms with E-state index in [4.69, 9.17) is 15.7 Å². The number of anilines is 3. The molecule has 2 rings (SSSR count). The highest BCUT2D eigenvalue weighted by Gasteiger charge is 2.08. The molecule has 0 bridgehead atoms. The number of nitrogens with two attached hydrogens (primary N) is 1. The van der Waals surface area contributed by atoms with Crippen molar-refractivity contribution >= 4 is 33.5 Å². The van der Waals surface area contributed by atoms with Crippen LogP contribution < -0.4 is 15.8 Å². The van der Waals surface area contributed by atoms with Gasteiger partial charge in [0.05, 0.1) is 23.9 Å². The predicted octanol–water partition coefficient (Wildman–Crippen LogP) is 2.62. The third kappa shape index (κ3) is 4.03. The summed E-state index contributed by atoms with van der Waals surface area (Å²) in [5.74, 6) is 0.349. The number of rotatable bonds is 5. The Morgan fingerprint density at radius 1 is 1.38 bits per heavy atom. The second kappa shape index (κ2) is 6.85. The van der Waals surface area contributed by atoms with Crippen molar-refractivity contribution in [2.75, 3.05) is 17.7 Å². The van der Waals surface area contributed by atoms with Gasteiger partial charge in [0.15, 0.2) is 0 Å². The van der Waals surface area contributed by atoms with Crippen molar-refractivity contribution in [2.24, 2.45) is 0 Å². The van der Waals surface area contributed by atoms with Gasteiger partial charge in [0.1, 0.15) is 0 Å². The molecule has 0 spiro atoms. The fourth-order valence-electron chi connectivity index (χ4n) is 1.49. The minimum atomic E-state index is 0.0726. The fourth-order valence-corrected chi connectivity index (χ4v) is 1.97. The number of benzene rings is 1. The van der Waals surface area contributed by atoms with E-state index >= 15 is 0 Å². The topological polar surface area (TPSA) is 110 Å². The predicted molar refractivity (Wildman–Crippen MR) is 82.2 cm³/mol. The lowest BCUT2D eigenvalue weighted by Crippen LogP contribution is -2.07. The maximum absolute atomic E-state index is 8.84. The maximum atomic E-state index is 8.84. The first kappa shape index (κ1) is 15.0. The van der Waals surface area contributed by atoms with Gasteiger partial charge in [-0.3, -0.25) is 0 Å². The first-order chi connectivity index (χ1) is 10.1. The molecular formula is C13H13BrN6O. The van der Waals surface area contributed by atoms with Crippen molar-refractivity contribution in [2.45, 2.75) is 13.3 Å². The second-order valence-electron chi connectivity index (χ2n) is 4.08. The molecule has 0 saturated heterocycles. The Morgan fingerprint density at radius 2 is 2.19 bits per heavy atom. The molecule has 7 nitrogen and oxygen atoms in total. The summed E-state index contributed by atoms with van der Waals surface area (Å²) in [4.78, 5) is 12.0. The molecule has 0 amide bonds. The van der Waals surface area contributed by atoms with Crippen LogP contribution in [0, 0.1) is 11.3 Å². The van der Waals surface area contributed by atoms with Crippen molar-refractivity contribution in [1.29, 1.82) is 5.26 Å². The zero-order chi connectivity index (χ0) is 15.2. The van der Waals surface area contributed by atoms with Gasteiger partial charge in [-0.1, -0.05) is 6.92 Å². The molecule has 0 saturated carbocycles. The number of aromatic nitrogens is 3. The summed E-state index contributed by atoms with van der Waals surface area (Å²) in [6.45, 7) is 2.49.